The molecule has 138 valence electrons. The van der Waals surface area contributed by atoms with Gasteiger partial charge in [0.15, 0.2) is 11.5 Å². The SMILES string of the molecule is COc1ccc(CCn2c(CCCN)nc3cc(Cl)ccc32)cc1OC. The number of nitrogens with zero attached hydrogens (tertiary/aromatic N) is 2. The second kappa shape index (κ2) is 8.43. The Morgan fingerprint density at radius 2 is 1.85 bits per heavy atom. The highest BCUT2D eigenvalue weighted by Gasteiger charge is 2.12. The Hall–Kier alpha value is -2.24. The average Bonchev–Trinajstić information content (AvgIpc) is 3.00. The number of ether oxygens (including phenoxy) is 2. The number of halogens is 1. The summed E-state index contributed by atoms with van der Waals surface area (Å²) in [7, 11) is 3.30. The van der Waals surface area contributed by atoms with E-state index >= 15 is 0 Å². The summed E-state index contributed by atoms with van der Waals surface area (Å²) in [4.78, 5) is 4.76. The molecule has 2 N–H and O–H groups in total. The van der Waals surface area contributed by atoms with E-state index in [1.807, 2.05) is 30.3 Å². The van der Waals surface area contributed by atoms with E-state index in [-0.39, 0.29) is 0 Å². The smallest absolute Gasteiger partial charge is 0.160 e. The van der Waals surface area contributed by atoms with Gasteiger partial charge in [0.2, 0.25) is 0 Å². The third-order valence-corrected chi connectivity index (χ3v) is 4.70. The van der Waals surface area contributed by atoms with Gasteiger partial charge in [-0.25, -0.2) is 4.98 Å². The van der Waals surface area contributed by atoms with Crippen LogP contribution in [0.4, 0.5) is 0 Å². The van der Waals surface area contributed by atoms with Crippen LogP contribution in [0.25, 0.3) is 11.0 Å². The van der Waals surface area contributed by atoms with Gasteiger partial charge in [0, 0.05) is 18.0 Å². The van der Waals surface area contributed by atoms with E-state index in [1.165, 1.54) is 5.56 Å². The molecule has 0 amide bonds. The first kappa shape index (κ1) is 18.5. The molecule has 26 heavy (non-hydrogen) atoms. The molecule has 0 atom stereocenters. The first-order valence-electron chi connectivity index (χ1n) is 8.72. The Balaban J connectivity index is 1.87. The van der Waals surface area contributed by atoms with Crippen molar-refractivity contribution in [2.24, 2.45) is 5.73 Å². The van der Waals surface area contributed by atoms with E-state index in [9.17, 15) is 0 Å². The van der Waals surface area contributed by atoms with E-state index in [1.54, 1.807) is 14.2 Å². The van der Waals surface area contributed by atoms with Crippen LogP contribution < -0.4 is 15.2 Å². The molecule has 0 spiro atoms. The first-order chi connectivity index (χ1) is 12.7. The van der Waals surface area contributed by atoms with Crippen LogP contribution in [0, 0.1) is 0 Å². The second-order valence-electron chi connectivity index (χ2n) is 6.14. The van der Waals surface area contributed by atoms with Crippen LogP contribution in [0.2, 0.25) is 5.02 Å². The highest BCUT2D eigenvalue weighted by molar-refractivity contribution is 6.31. The fraction of sp³-hybridized carbons (Fsp3) is 0.350. The number of hydrogen-bond donors (Lipinski definition) is 1. The van der Waals surface area contributed by atoms with Gasteiger partial charge >= 0.3 is 0 Å². The monoisotopic (exact) mass is 373 g/mol. The van der Waals surface area contributed by atoms with Gasteiger partial charge in [0.25, 0.3) is 0 Å². The quantitative estimate of drug-likeness (QED) is 0.651. The molecule has 0 bridgehead atoms. The summed E-state index contributed by atoms with van der Waals surface area (Å²) >= 11 is 6.12. The predicted octanol–water partition coefficient (Wildman–Crippen LogP) is 3.84. The highest BCUT2D eigenvalue weighted by atomic mass is 35.5. The molecule has 6 heteroatoms. The molecule has 0 unspecified atom stereocenters. The summed E-state index contributed by atoms with van der Waals surface area (Å²) in [5.74, 6) is 2.53. The molecule has 0 aliphatic carbocycles. The van der Waals surface area contributed by atoms with Crippen LogP contribution in [-0.4, -0.2) is 30.3 Å². The molecule has 3 aromatic rings. The van der Waals surface area contributed by atoms with E-state index in [4.69, 9.17) is 31.8 Å². The molecule has 0 aliphatic heterocycles. The summed E-state index contributed by atoms with van der Waals surface area (Å²) in [5, 5.41) is 0.701. The lowest BCUT2D eigenvalue weighted by Gasteiger charge is -2.12. The lowest BCUT2D eigenvalue weighted by molar-refractivity contribution is 0.354. The van der Waals surface area contributed by atoms with Crippen LogP contribution >= 0.6 is 11.6 Å². The van der Waals surface area contributed by atoms with Gasteiger partial charge in [0.05, 0.1) is 25.3 Å². The van der Waals surface area contributed by atoms with Crippen LogP contribution in [0.15, 0.2) is 36.4 Å². The van der Waals surface area contributed by atoms with Gasteiger partial charge in [-0.3, -0.25) is 0 Å². The van der Waals surface area contributed by atoms with Gasteiger partial charge in [-0.1, -0.05) is 17.7 Å². The van der Waals surface area contributed by atoms with Crippen LogP contribution in [0.3, 0.4) is 0 Å². The maximum atomic E-state index is 6.12. The standard InChI is InChI=1S/C20H24ClN3O2/c1-25-18-8-5-14(12-19(18)26-2)9-11-24-17-7-6-15(21)13-16(17)23-20(24)4-3-10-22/h5-8,12-13H,3-4,9-11,22H2,1-2H3. The molecule has 0 aliphatic rings. The highest BCUT2D eigenvalue weighted by Crippen LogP contribution is 2.28. The molecule has 0 saturated carbocycles. The summed E-state index contributed by atoms with van der Waals surface area (Å²) in [5.41, 5.74) is 8.90. The molecule has 0 fully saturated rings. The minimum absolute atomic E-state index is 0.652. The Bertz CT molecular complexity index is 892. The number of nitrogens with two attached hydrogens (primary N) is 1. The maximum Gasteiger partial charge on any atom is 0.160 e. The van der Waals surface area contributed by atoms with Crippen LogP contribution in [0.1, 0.15) is 17.8 Å². The van der Waals surface area contributed by atoms with Crippen LogP contribution in [-0.2, 0) is 19.4 Å². The Labute approximate surface area is 158 Å². The fourth-order valence-electron chi connectivity index (χ4n) is 3.13. The van der Waals surface area contributed by atoms with Gasteiger partial charge in [-0.2, -0.15) is 0 Å². The number of rotatable bonds is 8. The molecule has 5 nitrogen and oxygen atoms in total. The second-order valence-corrected chi connectivity index (χ2v) is 6.58. The number of fused-ring (bicyclic) bond motifs is 1. The third kappa shape index (κ3) is 3.94. The zero-order chi connectivity index (χ0) is 18.5. The summed E-state index contributed by atoms with van der Waals surface area (Å²) < 4.78 is 13.0. The van der Waals surface area contributed by atoms with Crippen molar-refractivity contribution in [3.05, 3.63) is 52.8 Å². The van der Waals surface area contributed by atoms with Crippen molar-refractivity contribution in [1.82, 2.24) is 9.55 Å². The van der Waals surface area contributed by atoms with Crippen molar-refractivity contribution in [2.45, 2.75) is 25.8 Å². The fourth-order valence-corrected chi connectivity index (χ4v) is 3.30. The molecule has 1 aromatic heterocycles. The van der Waals surface area contributed by atoms with E-state index < -0.39 is 0 Å². The van der Waals surface area contributed by atoms with Crippen molar-refractivity contribution in [3.8, 4) is 11.5 Å². The molecular weight excluding hydrogens is 350 g/mol. The number of benzene rings is 2. The van der Waals surface area contributed by atoms with E-state index in [2.05, 4.69) is 10.6 Å². The minimum Gasteiger partial charge on any atom is -0.493 e. The summed E-state index contributed by atoms with van der Waals surface area (Å²) in [6.45, 7) is 1.48. The number of imidazole rings is 1. The molecule has 0 radical (unpaired) electrons. The van der Waals surface area contributed by atoms with Crippen molar-refractivity contribution in [3.63, 3.8) is 0 Å². The number of hydrogen-bond acceptors (Lipinski definition) is 4. The zero-order valence-electron chi connectivity index (χ0n) is 15.2. The number of aryl methyl sites for hydroxylation is 3. The van der Waals surface area contributed by atoms with Crippen molar-refractivity contribution >= 4 is 22.6 Å². The number of methoxy groups -OCH3 is 2. The van der Waals surface area contributed by atoms with Gasteiger partial charge in [-0.15, -0.1) is 0 Å². The first-order valence-corrected chi connectivity index (χ1v) is 9.09. The topological polar surface area (TPSA) is 62.3 Å². The summed E-state index contributed by atoms with van der Waals surface area (Å²) in [6.07, 6.45) is 2.63. The van der Waals surface area contributed by atoms with Gasteiger partial charge in [-0.05, 0) is 55.3 Å². The van der Waals surface area contributed by atoms with Gasteiger partial charge < -0.3 is 19.8 Å². The minimum atomic E-state index is 0.652. The van der Waals surface area contributed by atoms with Crippen LogP contribution in [0.5, 0.6) is 11.5 Å². The van der Waals surface area contributed by atoms with Gasteiger partial charge in [0.1, 0.15) is 5.82 Å². The van der Waals surface area contributed by atoms with Crippen molar-refractivity contribution in [1.29, 1.82) is 0 Å². The summed E-state index contributed by atoms with van der Waals surface area (Å²) in [6, 6.07) is 11.9. The molecule has 1 heterocycles. The van der Waals surface area contributed by atoms with E-state index in [0.717, 1.165) is 54.2 Å². The predicted molar refractivity (Wildman–Crippen MR) is 105 cm³/mol. The normalized spacial score (nSPS) is 11.1. The molecule has 0 saturated heterocycles. The Kier molecular flexibility index (Phi) is 6.01. The lowest BCUT2D eigenvalue weighted by Crippen LogP contribution is -2.09. The third-order valence-electron chi connectivity index (χ3n) is 4.47. The molecule has 2 aromatic carbocycles. The average molecular weight is 374 g/mol. The zero-order valence-corrected chi connectivity index (χ0v) is 15.9. The molecule has 3 rings (SSSR count). The van der Waals surface area contributed by atoms with E-state index in [0.29, 0.717) is 11.6 Å². The van der Waals surface area contributed by atoms with Crippen molar-refractivity contribution < 1.29 is 9.47 Å². The maximum absolute atomic E-state index is 6.12. The Morgan fingerprint density at radius 3 is 2.58 bits per heavy atom. The number of aromatic nitrogens is 2. The van der Waals surface area contributed by atoms with Crippen molar-refractivity contribution in [2.75, 3.05) is 20.8 Å². The largest absolute Gasteiger partial charge is 0.493 e. The Morgan fingerprint density at radius 1 is 1.04 bits per heavy atom. The lowest BCUT2D eigenvalue weighted by atomic mass is 10.1. The molecular formula is C20H24ClN3O2.